The fourth-order valence-corrected chi connectivity index (χ4v) is 1.19. The van der Waals surface area contributed by atoms with E-state index in [0.717, 1.165) is 11.1 Å². The largest absolute Gasteiger partial charge is 0.336 e. The van der Waals surface area contributed by atoms with Crippen molar-refractivity contribution < 1.29 is 9.36 Å². The maximum atomic E-state index is 4.92. The predicted molar refractivity (Wildman–Crippen MR) is 51.2 cm³/mol. The lowest BCUT2D eigenvalue weighted by Gasteiger charge is -1.97. The summed E-state index contributed by atoms with van der Waals surface area (Å²) in [5, 5.41) is 3.80. The highest BCUT2D eigenvalue weighted by Gasteiger charge is 2.10. The van der Waals surface area contributed by atoms with Gasteiger partial charge in [-0.3, -0.25) is 9.82 Å². The molecule has 2 aromatic rings. The van der Waals surface area contributed by atoms with Gasteiger partial charge in [0.1, 0.15) is 6.61 Å². The molecule has 2 heterocycles. The van der Waals surface area contributed by atoms with Crippen LogP contribution in [0.5, 0.6) is 0 Å². The molecule has 0 radical (unpaired) electrons. The summed E-state index contributed by atoms with van der Waals surface area (Å²) < 4.78 is 4.92. The summed E-state index contributed by atoms with van der Waals surface area (Å²) in [6.07, 6.45) is 3.40. The van der Waals surface area contributed by atoms with Crippen LogP contribution in [0.25, 0.3) is 11.4 Å². The Balaban J connectivity index is 2.33. The Kier molecular flexibility index (Phi) is 2.70. The third kappa shape index (κ3) is 2.00. The number of pyridine rings is 1. The Morgan fingerprint density at radius 1 is 1.53 bits per heavy atom. The van der Waals surface area contributed by atoms with Crippen LogP contribution in [0.15, 0.2) is 23.0 Å². The molecule has 0 unspecified atom stereocenters. The van der Waals surface area contributed by atoms with Gasteiger partial charge in [0.15, 0.2) is 0 Å². The monoisotopic (exact) mass is 206 g/mol. The van der Waals surface area contributed by atoms with Gasteiger partial charge >= 0.3 is 0 Å². The summed E-state index contributed by atoms with van der Waals surface area (Å²) in [6.45, 7) is 2.05. The van der Waals surface area contributed by atoms with Crippen molar-refractivity contribution >= 4 is 0 Å². The van der Waals surface area contributed by atoms with E-state index >= 15 is 0 Å². The normalized spacial score (nSPS) is 10.5. The van der Waals surface area contributed by atoms with Gasteiger partial charge in [-0.25, -0.2) is 5.90 Å². The Labute approximate surface area is 86.0 Å². The molecule has 15 heavy (non-hydrogen) atoms. The van der Waals surface area contributed by atoms with Crippen LogP contribution in [0, 0.1) is 6.92 Å². The van der Waals surface area contributed by atoms with E-state index in [2.05, 4.69) is 20.0 Å². The van der Waals surface area contributed by atoms with E-state index in [1.54, 1.807) is 12.4 Å². The van der Waals surface area contributed by atoms with Crippen molar-refractivity contribution in [1.29, 1.82) is 0 Å². The van der Waals surface area contributed by atoms with Crippen molar-refractivity contribution in [3.8, 4) is 11.4 Å². The Hall–Kier alpha value is -1.79. The van der Waals surface area contributed by atoms with Gasteiger partial charge in [-0.2, -0.15) is 4.98 Å². The summed E-state index contributed by atoms with van der Waals surface area (Å²) >= 11 is 0. The van der Waals surface area contributed by atoms with Crippen LogP contribution in [0.4, 0.5) is 0 Å². The van der Waals surface area contributed by atoms with Crippen molar-refractivity contribution in [2.75, 3.05) is 0 Å². The molecule has 0 amide bonds. The molecule has 6 heteroatoms. The average molecular weight is 206 g/mol. The van der Waals surface area contributed by atoms with Gasteiger partial charge < -0.3 is 4.52 Å². The SMILES string of the molecule is Cc1ccncc1-c1noc(CON)n1. The molecule has 0 atom stereocenters. The molecular formula is C9H10N4O2. The number of nitrogens with two attached hydrogens (primary N) is 1. The van der Waals surface area contributed by atoms with Crippen molar-refractivity contribution in [1.82, 2.24) is 15.1 Å². The number of hydrogen-bond donors (Lipinski definition) is 1. The highest BCUT2D eigenvalue weighted by Crippen LogP contribution is 2.18. The lowest BCUT2D eigenvalue weighted by atomic mass is 10.1. The lowest BCUT2D eigenvalue weighted by molar-refractivity contribution is 0.0996. The minimum absolute atomic E-state index is 0.103. The van der Waals surface area contributed by atoms with E-state index in [1.165, 1.54) is 0 Å². The summed E-state index contributed by atoms with van der Waals surface area (Å²) in [4.78, 5) is 12.5. The molecule has 0 saturated carbocycles. The maximum absolute atomic E-state index is 4.92. The van der Waals surface area contributed by atoms with Crippen LogP contribution in [0.1, 0.15) is 11.5 Å². The number of aromatic nitrogens is 3. The number of rotatable bonds is 3. The zero-order valence-corrected chi connectivity index (χ0v) is 8.17. The number of aryl methyl sites for hydroxylation is 1. The highest BCUT2D eigenvalue weighted by atomic mass is 16.6. The third-order valence-corrected chi connectivity index (χ3v) is 1.95. The molecule has 2 N–H and O–H groups in total. The fraction of sp³-hybridized carbons (Fsp3) is 0.222. The molecule has 0 bridgehead atoms. The van der Waals surface area contributed by atoms with E-state index in [1.807, 2.05) is 13.0 Å². The van der Waals surface area contributed by atoms with Crippen LogP contribution in [-0.4, -0.2) is 15.1 Å². The Morgan fingerprint density at radius 3 is 3.13 bits per heavy atom. The molecular weight excluding hydrogens is 196 g/mol. The Bertz CT molecular complexity index is 455. The first kappa shape index (κ1) is 9.75. The third-order valence-electron chi connectivity index (χ3n) is 1.95. The molecule has 2 aromatic heterocycles. The zero-order chi connectivity index (χ0) is 10.7. The first-order chi connectivity index (χ1) is 7.31. The van der Waals surface area contributed by atoms with Crippen LogP contribution in [0.2, 0.25) is 0 Å². The van der Waals surface area contributed by atoms with Crippen molar-refractivity contribution in [3.63, 3.8) is 0 Å². The predicted octanol–water partition coefficient (Wildman–Crippen LogP) is 0.830. The van der Waals surface area contributed by atoms with Crippen molar-refractivity contribution in [2.45, 2.75) is 13.5 Å². The summed E-state index contributed by atoms with van der Waals surface area (Å²) in [5.41, 5.74) is 1.87. The summed E-state index contributed by atoms with van der Waals surface area (Å²) in [7, 11) is 0. The molecule has 0 fully saturated rings. The van der Waals surface area contributed by atoms with Gasteiger partial charge in [0, 0.05) is 18.0 Å². The van der Waals surface area contributed by atoms with Crippen LogP contribution >= 0.6 is 0 Å². The number of nitrogens with zero attached hydrogens (tertiary/aromatic N) is 3. The quantitative estimate of drug-likeness (QED) is 0.748. The fourth-order valence-electron chi connectivity index (χ4n) is 1.19. The summed E-state index contributed by atoms with van der Waals surface area (Å²) in [6, 6.07) is 1.88. The molecule has 0 aliphatic carbocycles. The molecule has 0 saturated heterocycles. The lowest BCUT2D eigenvalue weighted by Crippen LogP contribution is -1.98. The van der Waals surface area contributed by atoms with Gasteiger partial charge in [0.2, 0.25) is 5.82 Å². The van der Waals surface area contributed by atoms with Gasteiger partial charge in [-0.05, 0) is 18.6 Å². The van der Waals surface area contributed by atoms with Gasteiger partial charge in [-0.1, -0.05) is 5.16 Å². The second-order valence-corrected chi connectivity index (χ2v) is 3.01. The van der Waals surface area contributed by atoms with Crippen LogP contribution in [0.3, 0.4) is 0 Å². The molecule has 78 valence electrons. The van der Waals surface area contributed by atoms with E-state index in [-0.39, 0.29) is 6.61 Å². The molecule has 0 aliphatic heterocycles. The standard InChI is InChI=1S/C9H10N4O2/c1-6-2-3-11-4-7(6)9-12-8(5-14-10)15-13-9/h2-4H,5,10H2,1H3. The van der Waals surface area contributed by atoms with E-state index < -0.39 is 0 Å². The van der Waals surface area contributed by atoms with Crippen LogP contribution < -0.4 is 5.90 Å². The zero-order valence-electron chi connectivity index (χ0n) is 8.17. The van der Waals surface area contributed by atoms with Gasteiger partial charge in [0.25, 0.3) is 5.89 Å². The van der Waals surface area contributed by atoms with Crippen LogP contribution in [-0.2, 0) is 11.4 Å². The second kappa shape index (κ2) is 4.16. The molecule has 6 nitrogen and oxygen atoms in total. The average Bonchev–Trinajstić information content (AvgIpc) is 2.68. The minimum Gasteiger partial charge on any atom is -0.336 e. The van der Waals surface area contributed by atoms with E-state index in [4.69, 9.17) is 10.4 Å². The Morgan fingerprint density at radius 2 is 2.40 bits per heavy atom. The van der Waals surface area contributed by atoms with Gasteiger partial charge in [0.05, 0.1) is 0 Å². The first-order valence-electron chi connectivity index (χ1n) is 4.36. The minimum atomic E-state index is 0.103. The van der Waals surface area contributed by atoms with E-state index in [9.17, 15) is 0 Å². The smallest absolute Gasteiger partial charge is 0.255 e. The van der Waals surface area contributed by atoms with Crippen molar-refractivity contribution in [3.05, 3.63) is 29.9 Å². The molecule has 2 rings (SSSR count). The van der Waals surface area contributed by atoms with Gasteiger partial charge in [-0.15, -0.1) is 0 Å². The topological polar surface area (TPSA) is 87.1 Å². The molecule has 0 aromatic carbocycles. The van der Waals surface area contributed by atoms with Crippen molar-refractivity contribution in [2.24, 2.45) is 5.90 Å². The second-order valence-electron chi connectivity index (χ2n) is 3.01. The van der Waals surface area contributed by atoms with E-state index in [0.29, 0.717) is 11.7 Å². The summed E-state index contributed by atoms with van der Waals surface area (Å²) in [5.74, 6) is 5.73. The highest BCUT2D eigenvalue weighted by molar-refractivity contribution is 5.57. The molecule has 0 spiro atoms. The molecule has 0 aliphatic rings. The maximum Gasteiger partial charge on any atom is 0.255 e. The number of hydrogen-bond acceptors (Lipinski definition) is 6. The first-order valence-corrected chi connectivity index (χ1v) is 4.36.